The van der Waals surface area contributed by atoms with Crippen molar-refractivity contribution in [2.45, 2.75) is 13.7 Å². The molecule has 0 radical (unpaired) electrons. The molecule has 0 spiro atoms. The van der Waals surface area contributed by atoms with Gasteiger partial charge in [-0.2, -0.15) is 0 Å². The number of hydrogen-bond donors (Lipinski definition) is 1. The van der Waals surface area contributed by atoms with Crippen LogP contribution in [0.2, 0.25) is 9.45 Å². The normalized spacial score (nSPS) is 14.5. The van der Waals surface area contributed by atoms with E-state index in [9.17, 15) is 4.79 Å². The molecule has 1 heterocycles. The first-order chi connectivity index (χ1) is 17.1. The molecule has 1 saturated heterocycles. The van der Waals surface area contributed by atoms with Crippen LogP contribution in [0, 0.1) is 0 Å². The summed E-state index contributed by atoms with van der Waals surface area (Å²) in [4.78, 5) is 11.0. The predicted molar refractivity (Wildman–Crippen MR) is 143 cm³/mol. The fourth-order valence-corrected chi connectivity index (χ4v) is 11.9. The third kappa shape index (κ3) is 4.60. The Hall–Kier alpha value is -3.46. The van der Waals surface area contributed by atoms with Gasteiger partial charge in [0.15, 0.2) is 0 Å². The second kappa shape index (κ2) is 10.0. The Morgan fingerprint density at radius 1 is 0.657 bits per heavy atom. The van der Waals surface area contributed by atoms with Gasteiger partial charge in [0.2, 0.25) is 0 Å². The maximum atomic E-state index is 11.0. The number of amides is 1. The summed E-state index contributed by atoms with van der Waals surface area (Å²) in [6.07, 6.45) is 0.941. The molecule has 2 aliphatic rings. The van der Waals surface area contributed by atoms with Gasteiger partial charge in [0.05, 0.1) is 0 Å². The molecule has 2 nitrogen and oxygen atoms in total. The van der Waals surface area contributed by atoms with E-state index < -0.39 is 16.8 Å². The Labute approximate surface area is 211 Å². The quantitative estimate of drug-likeness (QED) is 0.166. The van der Waals surface area contributed by atoms with E-state index >= 15 is 0 Å². The summed E-state index contributed by atoms with van der Waals surface area (Å²) < 4.78 is 6.27. The van der Waals surface area contributed by atoms with Crippen LogP contribution in [0.15, 0.2) is 122 Å². The zero-order valence-electron chi connectivity index (χ0n) is 19.8. The third-order valence-electron chi connectivity index (χ3n) is 7.13. The van der Waals surface area contributed by atoms with Gasteiger partial charge >= 0.3 is 116 Å². The van der Waals surface area contributed by atoms with Gasteiger partial charge in [-0.25, -0.2) is 0 Å². The minimum absolute atomic E-state index is 0.498. The van der Waals surface area contributed by atoms with Crippen molar-refractivity contribution in [3.63, 3.8) is 0 Å². The fourth-order valence-electron chi connectivity index (χ4n) is 5.15. The SMILES string of the molecule is C=C(C(=C)c1ccccc1)c1ccccc1.O=C[NH][Ti]1([CH]2c3ccccc3-c3ccccc32)[CH2][CH2]1. The first-order valence-electron chi connectivity index (χ1n) is 12.0. The molecule has 0 bridgehead atoms. The number of carbonyl (C=O) groups is 1. The summed E-state index contributed by atoms with van der Waals surface area (Å²) in [7, 11) is 0. The van der Waals surface area contributed by atoms with Crippen molar-refractivity contribution in [2.75, 3.05) is 0 Å². The van der Waals surface area contributed by atoms with Gasteiger partial charge in [0, 0.05) is 0 Å². The van der Waals surface area contributed by atoms with Crippen LogP contribution in [-0.4, -0.2) is 6.41 Å². The molecular formula is C32H29NOTi. The van der Waals surface area contributed by atoms with Crippen molar-refractivity contribution in [2.24, 2.45) is 0 Å². The average molecular weight is 491 g/mol. The molecule has 1 fully saturated rings. The summed E-state index contributed by atoms with van der Waals surface area (Å²) in [6, 6.07) is 37.7. The van der Waals surface area contributed by atoms with Crippen LogP contribution in [-0.2, 0) is 21.6 Å². The summed E-state index contributed by atoms with van der Waals surface area (Å²) >= 11 is -2.20. The number of fused-ring (bicyclic) bond motifs is 3. The van der Waals surface area contributed by atoms with E-state index in [-0.39, 0.29) is 0 Å². The van der Waals surface area contributed by atoms with E-state index in [1.54, 1.807) is 0 Å². The average Bonchev–Trinajstić information content (AvgIpc) is 3.62. The second-order valence-electron chi connectivity index (χ2n) is 9.21. The Kier molecular flexibility index (Phi) is 6.68. The molecule has 4 aromatic carbocycles. The first kappa shape index (κ1) is 23.3. The zero-order chi connectivity index (χ0) is 24.3. The van der Waals surface area contributed by atoms with Crippen LogP contribution >= 0.6 is 0 Å². The molecule has 1 N–H and O–H groups in total. The van der Waals surface area contributed by atoms with Gasteiger partial charge in [-0.15, -0.1) is 0 Å². The van der Waals surface area contributed by atoms with Gasteiger partial charge < -0.3 is 0 Å². The van der Waals surface area contributed by atoms with E-state index in [4.69, 9.17) is 0 Å². The molecular weight excluding hydrogens is 462 g/mol. The molecule has 3 heteroatoms. The van der Waals surface area contributed by atoms with Crippen LogP contribution in [0.5, 0.6) is 0 Å². The van der Waals surface area contributed by atoms with E-state index in [1.165, 1.54) is 31.7 Å². The fraction of sp³-hybridized carbons (Fsp3) is 0.0938. The molecule has 172 valence electrons. The van der Waals surface area contributed by atoms with Crippen molar-refractivity contribution in [1.29, 1.82) is 0 Å². The molecule has 1 amide bonds. The number of carbonyl (C=O) groups excluding carboxylic acids is 1. The van der Waals surface area contributed by atoms with Crippen LogP contribution in [0.4, 0.5) is 0 Å². The van der Waals surface area contributed by atoms with Crippen molar-refractivity contribution in [3.05, 3.63) is 145 Å². The summed E-state index contributed by atoms with van der Waals surface area (Å²) in [5, 5.41) is 0. The first-order valence-corrected chi connectivity index (χ1v) is 15.9. The van der Waals surface area contributed by atoms with E-state index in [1.807, 2.05) is 36.4 Å². The van der Waals surface area contributed by atoms with Crippen molar-refractivity contribution in [1.82, 2.24) is 3.80 Å². The van der Waals surface area contributed by atoms with Gasteiger partial charge in [-0.05, 0) is 22.3 Å². The van der Waals surface area contributed by atoms with Crippen molar-refractivity contribution >= 4 is 17.6 Å². The molecule has 1 aliphatic heterocycles. The summed E-state index contributed by atoms with van der Waals surface area (Å²) in [5.41, 5.74) is 9.82. The van der Waals surface area contributed by atoms with Gasteiger partial charge in [0.1, 0.15) is 0 Å². The van der Waals surface area contributed by atoms with Crippen molar-refractivity contribution in [3.8, 4) is 11.1 Å². The summed E-state index contributed by atoms with van der Waals surface area (Å²) in [5.74, 6) is 0. The van der Waals surface area contributed by atoms with Crippen LogP contribution in [0.25, 0.3) is 22.3 Å². The molecule has 0 aromatic heterocycles. The number of rotatable bonds is 6. The van der Waals surface area contributed by atoms with E-state index in [2.05, 4.69) is 89.8 Å². The van der Waals surface area contributed by atoms with Gasteiger partial charge in [-0.1, -0.05) is 73.8 Å². The van der Waals surface area contributed by atoms with Crippen LogP contribution in [0.3, 0.4) is 0 Å². The topological polar surface area (TPSA) is 29.1 Å². The molecule has 35 heavy (non-hydrogen) atoms. The predicted octanol–water partition coefficient (Wildman–Crippen LogP) is 7.83. The monoisotopic (exact) mass is 491 g/mol. The third-order valence-corrected chi connectivity index (χ3v) is 13.4. The number of benzene rings is 4. The van der Waals surface area contributed by atoms with E-state index in [0.717, 1.165) is 28.7 Å². The zero-order valence-corrected chi connectivity index (χ0v) is 21.3. The molecule has 1 aliphatic carbocycles. The molecule has 6 rings (SSSR count). The maximum absolute atomic E-state index is 11.0. The molecule has 4 aromatic rings. The molecule has 0 atom stereocenters. The number of hydrogen-bond acceptors (Lipinski definition) is 1. The number of nitrogens with one attached hydrogen (secondary N) is 1. The summed E-state index contributed by atoms with van der Waals surface area (Å²) in [6.45, 7) is 8.20. The Balaban J connectivity index is 0.000000148. The Morgan fingerprint density at radius 3 is 1.46 bits per heavy atom. The second-order valence-corrected chi connectivity index (χ2v) is 15.7. The molecule has 0 saturated carbocycles. The van der Waals surface area contributed by atoms with Gasteiger partial charge in [-0.3, -0.25) is 0 Å². The van der Waals surface area contributed by atoms with Gasteiger partial charge in [0.25, 0.3) is 0 Å². The van der Waals surface area contributed by atoms with Crippen molar-refractivity contribution < 1.29 is 21.6 Å². The number of allylic oxidation sites excluding steroid dienone is 2. The van der Waals surface area contributed by atoms with Crippen LogP contribution in [0.1, 0.15) is 26.5 Å². The Morgan fingerprint density at radius 2 is 1.06 bits per heavy atom. The van der Waals surface area contributed by atoms with Crippen LogP contribution < -0.4 is 3.80 Å². The Bertz CT molecular complexity index is 1280. The molecule has 0 unspecified atom stereocenters. The standard InChI is InChI=1S/C16H14.C13H9.C2H4.CH3NO.Ti/c1-13(15-9-5-3-6-10-15)14(2)16-11-7-4-8-12-16;1-3-7-12-10(5-1)9-11-6-2-4-8-13(11)12;1-2;2-1-3;/h3-12H,1-2H2;1-9H;1-2H2;1H,(H2,2,3);/q;;;;+1/p-1. The van der Waals surface area contributed by atoms with E-state index in [0.29, 0.717) is 4.22 Å². The minimum atomic E-state index is -2.20.